The van der Waals surface area contributed by atoms with Crippen LogP contribution < -0.4 is 11.1 Å². The van der Waals surface area contributed by atoms with Crippen LogP contribution in [-0.2, 0) is 4.79 Å². The Bertz CT molecular complexity index is 691. The van der Waals surface area contributed by atoms with Crippen LogP contribution in [0.3, 0.4) is 0 Å². The molecule has 0 radical (unpaired) electrons. The van der Waals surface area contributed by atoms with Crippen molar-refractivity contribution >= 4 is 34.8 Å². The first kappa shape index (κ1) is 12.9. The molecule has 0 spiro atoms. The summed E-state index contributed by atoms with van der Waals surface area (Å²) >= 11 is 11.0. The summed E-state index contributed by atoms with van der Waals surface area (Å²) in [6.45, 7) is 0. The van der Waals surface area contributed by atoms with E-state index in [9.17, 15) is 10.1 Å². The molecular weight excluding hydrogens is 296 g/mol. The molecule has 1 fully saturated rings. The molecule has 2 heterocycles. The number of amides is 1. The van der Waals surface area contributed by atoms with Crippen LogP contribution in [0.4, 0.5) is 0 Å². The maximum Gasteiger partial charge on any atom is 0.250 e. The number of nitriles is 1. The molecule has 0 bridgehead atoms. The molecule has 0 aromatic heterocycles. The highest BCUT2D eigenvalue weighted by Crippen LogP contribution is 2.41. The summed E-state index contributed by atoms with van der Waals surface area (Å²) in [5, 5.41) is 12.7. The van der Waals surface area contributed by atoms with Gasteiger partial charge in [0.25, 0.3) is 0 Å². The smallest absolute Gasteiger partial charge is 0.250 e. The van der Waals surface area contributed by atoms with E-state index in [0.717, 1.165) is 5.56 Å². The summed E-state index contributed by atoms with van der Waals surface area (Å²) in [5.41, 5.74) is 7.12. The lowest BCUT2D eigenvalue weighted by molar-refractivity contribution is -0.121. The molecule has 20 heavy (non-hydrogen) atoms. The molecule has 2 unspecified atom stereocenters. The van der Waals surface area contributed by atoms with Crippen molar-refractivity contribution in [2.45, 2.75) is 12.0 Å². The number of hydrogen-bond acceptors (Lipinski definition) is 4. The van der Waals surface area contributed by atoms with Gasteiger partial charge in [-0.15, -0.1) is 0 Å². The van der Waals surface area contributed by atoms with Crippen molar-refractivity contribution in [3.63, 3.8) is 0 Å². The minimum atomic E-state index is -0.599. The number of fused-ring (bicyclic) bond motifs is 1. The Balaban J connectivity index is 2.14. The number of halogens is 1. The van der Waals surface area contributed by atoms with Crippen molar-refractivity contribution in [2.75, 3.05) is 0 Å². The summed E-state index contributed by atoms with van der Waals surface area (Å²) in [6, 6.07) is 8.50. The van der Waals surface area contributed by atoms with E-state index in [4.69, 9.17) is 29.6 Å². The topological polar surface area (TPSA) is 82.2 Å². The van der Waals surface area contributed by atoms with E-state index in [-0.39, 0.29) is 16.8 Å². The van der Waals surface area contributed by atoms with Crippen molar-refractivity contribution in [3.05, 3.63) is 46.2 Å². The van der Waals surface area contributed by atoms with Crippen molar-refractivity contribution in [3.8, 4) is 6.07 Å². The predicted octanol–water partition coefficient (Wildman–Crippen LogP) is 1.22. The summed E-state index contributed by atoms with van der Waals surface area (Å²) in [7, 11) is 0. The van der Waals surface area contributed by atoms with Gasteiger partial charge in [-0.25, -0.2) is 0 Å². The number of rotatable bonds is 1. The van der Waals surface area contributed by atoms with E-state index in [1.807, 2.05) is 0 Å². The molecular formula is C13H9ClN4OS. The Morgan fingerprint density at radius 1 is 1.40 bits per heavy atom. The normalized spacial score (nSPS) is 24.7. The third-order valence-corrected chi connectivity index (χ3v) is 4.06. The maximum atomic E-state index is 12.1. The van der Waals surface area contributed by atoms with Crippen LogP contribution in [0.5, 0.6) is 0 Å². The fourth-order valence-electron chi connectivity index (χ4n) is 2.64. The zero-order valence-corrected chi connectivity index (χ0v) is 11.7. The first-order valence-corrected chi connectivity index (χ1v) is 6.62. The van der Waals surface area contributed by atoms with Crippen molar-refractivity contribution in [1.82, 2.24) is 10.2 Å². The molecule has 1 aromatic carbocycles. The number of carbonyl (C=O) groups excluding carboxylic acids is 1. The lowest BCUT2D eigenvalue weighted by Gasteiger charge is -2.20. The summed E-state index contributed by atoms with van der Waals surface area (Å²) in [5.74, 6) is -0.443. The zero-order chi connectivity index (χ0) is 14.4. The summed E-state index contributed by atoms with van der Waals surface area (Å²) < 4.78 is 0. The lowest BCUT2D eigenvalue weighted by atomic mass is 9.87. The largest absolute Gasteiger partial charge is 0.384 e. The molecule has 5 nitrogen and oxygen atoms in total. The highest BCUT2D eigenvalue weighted by Gasteiger charge is 2.51. The van der Waals surface area contributed by atoms with Gasteiger partial charge in [0.2, 0.25) is 5.91 Å². The summed E-state index contributed by atoms with van der Waals surface area (Å²) in [4.78, 5) is 13.6. The quantitative estimate of drug-likeness (QED) is 0.762. The van der Waals surface area contributed by atoms with E-state index >= 15 is 0 Å². The Labute approximate surface area is 125 Å². The first-order chi connectivity index (χ1) is 9.54. The maximum absolute atomic E-state index is 12.1. The molecule has 7 heteroatoms. The molecule has 3 N–H and O–H groups in total. The molecule has 2 aliphatic rings. The first-order valence-electron chi connectivity index (χ1n) is 5.84. The van der Waals surface area contributed by atoms with E-state index in [1.54, 1.807) is 24.3 Å². The second-order valence-electron chi connectivity index (χ2n) is 4.55. The van der Waals surface area contributed by atoms with Gasteiger partial charge < -0.3 is 11.1 Å². The fraction of sp³-hybridized carbons (Fsp3) is 0.154. The zero-order valence-electron chi connectivity index (χ0n) is 10.1. The van der Waals surface area contributed by atoms with Crippen molar-refractivity contribution in [2.24, 2.45) is 5.73 Å². The number of hydrogen-bond donors (Lipinski definition) is 2. The SMILES string of the molecule is N#CC1=C(N)N2C(=S)NC(=O)C2C1c1ccc(Cl)cc1. The van der Waals surface area contributed by atoms with E-state index in [2.05, 4.69) is 11.4 Å². The number of nitrogens with zero attached hydrogens (tertiary/aromatic N) is 2. The van der Waals surface area contributed by atoms with E-state index in [1.165, 1.54) is 4.90 Å². The molecule has 1 saturated heterocycles. The van der Waals surface area contributed by atoms with E-state index < -0.39 is 12.0 Å². The number of nitrogens with two attached hydrogens (primary N) is 1. The number of benzene rings is 1. The van der Waals surface area contributed by atoms with Crippen LogP contribution in [0.2, 0.25) is 5.02 Å². The third kappa shape index (κ3) is 1.68. The second kappa shape index (κ2) is 4.47. The Kier molecular flexibility index (Phi) is 2.89. The minimum absolute atomic E-state index is 0.237. The van der Waals surface area contributed by atoms with Crippen LogP contribution in [0.15, 0.2) is 35.7 Å². The third-order valence-electron chi connectivity index (χ3n) is 3.51. The average molecular weight is 305 g/mol. The van der Waals surface area contributed by atoms with Gasteiger partial charge in [-0.3, -0.25) is 9.69 Å². The number of thiocarbonyl (C=S) groups is 1. The average Bonchev–Trinajstić information content (AvgIpc) is 2.87. The predicted molar refractivity (Wildman–Crippen MR) is 77.4 cm³/mol. The van der Waals surface area contributed by atoms with Gasteiger partial charge in [0.05, 0.1) is 17.6 Å². The van der Waals surface area contributed by atoms with Gasteiger partial charge in [0, 0.05) is 5.02 Å². The Morgan fingerprint density at radius 3 is 2.65 bits per heavy atom. The molecule has 0 aliphatic carbocycles. The van der Waals surface area contributed by atoms with E-state index in [0.29, 0.717) is 10.6 Å². The van der Waals surface area contributed by atoms with Gasteiger partial charge >= 0.3 is 0 Å². The highest BCUT2D eigenvalue weighted by molar-refractivity contribution is 7.80. The second-order valence-corrected chi connectivity index (χ2v) is 5.37. The molecule has 2 aliphatic heterocycles. The fourth-order valence-corrected chi connectivity index (χ4v) is 3.07. The van der Waals surface area contributed by atoms with Gasteiger partial charge in [-0.1, -0.05) is 23.7 Å². The molecule has 2 atom stereocenters. The van der Waals surface area contributed by atoms with Crippen molar-refractivity contribution < 1.29 is 4.79 Å². The Morgan fingerprint density at radius 2 is 2.05 bits per heavy atom. The number of carbonyl (C=O) groups is 1. The van der Waals surface area contributed by atoms with Gasteiger partial charge in [-0.2, -0.15) is 5.26 Å². The highest BCUT2D eigenvalue weighted by atomic mass is 35.5. The van der Waals surface area contributed by atoms with Crippen molar-refractivity contribution in [1.29, 1.82) is 5.26 Å². The molecule has 0 saturated carbocycles. The molecule has 100 valence electrons. The molecule has 3 rings (SSSR count). The summed E-state index contributed by atoms with van der Waals surface area (Å²) in [6.07, 6.45) is 0. The molecule has 1 amide bonds. The molecule has 1 aromatic rings. The van der Waals surface area contributed by atoms with Crippen LogP contribution in [0.1, 0.15) is 11.5 Å². The van der Waals surface area contributed by atoms with Crippen LogP contribution in [0, 0.1) is 11.3 Å². The monoisotopic (exact) mass is 304 g/mol. The lowest BCUT2D eigenvalue weighted by Crippen LogP contribution is -2.35. The van der Waals surface area contributed by atoms with Crippen LogP contribution in [0.25, 0.3) is 0 Å². The number of nitrogens with one attached hydrogen (secondary N) is 1. The van der Waals surface area contributed by atoms with Gasteiger partial charge in [0.1, 0.15) is 11.9 Å². The standard InChI is InChI=1S/C13H9ClN4OS/c14-7-3-1-6(2-4-7)9-8(5-15)11(16)18-10(9)12(19)17-13(18)20/h1-4,9-10H,16H2,(H,17,19,20). The minimum Gasteiger partial charge on any atom is -0.384 e. The Hall–Kier alpha value is -2.10. The van der Waals surface area contributed by atoms with Gasteiger partial charge in [0.15, 0.2) is 5.11 Å². The van der Waals surface area contributed by atoms with Gasteiger partial charge in [-0.05, 0) is 29.9 Å². The van der Waals surface area contributed by atoms with Crippen LogP contribution in [-0.4, -0.2) is 22.0 Å². The van der Waals surface area contributed by atoms with Crippen LogP contribution >= 0.6 is 23.8 Å².